The van der Waals surface area contributed by atoms with Crippen LogP contribution in [0.4, 0.5) is 0 Å². The van der Waals surface area contributed by atoms with Gasteiger partial charge in [0.15, 0.2) is 0 Å². The molecule has 0 spiro atoms. The van der Waals surface area contributed by atoms with E-state index in [-0.39, 0.29) is 5.56 Å². The van der Waals surface area contributed by atoms with Gasteiger partial charge in [0.05, 0.1) is 10.9 Å². The van der Waals surface area contributed by atoms with Crippen molar-refractivity contribution in [2.75, 3.05) is 0 Å². The van der Waals surface area contributed by atoms with Gasteiger partial charge in [0.1, 0.15) is 5.58 Å². The Kier molecular flexibility index (Phi) is 2.11. The van der Waals surface area contributed by atoms with Crippen molar-refractivity contribution in [1.29, 1.82) is 0 Å². The minimum atomic E-state index is -0.0567. The van der Waals surface area contributed by atoms with Gasteiger partial charge < -0.3 is 4.42 Å². The van der Waals surface area contributed by atoms with E-state index < -0.39 is 0 Å². The summed E-state index contributed by atoms with van der Waals surface area (Å²) in [6, 6.07) is 15.1. The van der Waals surface area contributed by atoms with Crippen LogP contribution in [0.25, 0.3) is 27.6 Å². The third-order valence-corrected chi connectivity index (χ3v) is 3.76. The van der Waals surface area contributed by atoms with Crippen molar-refractivity contribution in [2.24, 2.45) is 0 Å². The lowest BCUT2D eigenvalue weighted by Crippen LogP contribution is -2.11. The number of benzene rings is 2. The van der Waals surface area contributed by atoms with Gasteiger partial charge in [0.25, 0.3) is 5.56 Å². The first-order valence-corrected chi connectivity index (χ1v) is 6.66. The average Bonchev–Trinajstić information content (AvgIpc) is 2.78. The maximum Gasteiger partial charge on any atom is 0.269 e. The summed E-state index contributed by atoms with van der Waals surface area (Å²) in [7, 11) is 0. The van der Waals surface area contributed by atoms with E-state index in [9.17, 15) is 4.79 Å². The molecule has 0 radical (unpaired) electrons. The van der Waals surface area contributed by atoms with Crippen LogP contribution in [0, 0.1) is 0 Å². The second kappa shape index (κ2) is 3.71. The highest BCUT2D eigenvalue weighted by Crippen LogP contribution is 2.23. The van der Waals surface area contributed by atoms with E-state index in [0.29, 0.717) is 16.7 Å². The molecule has 0 N–H and O–H groups in total. The zero-order chi connectivity index (χ0) is 13.0. The summed E-state index contributed by atoms with van der Waals surface area (Å²) < 4.78 is 8.29. The van der Waals surface area contributed by atoms with Crippen molar-refractivity contribution in [3.05, 3.63) is 63.4 Å². The summed E-state index contributed by atoms with van der Waals surface area (Å²) in [5.74, 6) is 0. The predicted octanol–water partition coefficient (Wildman–Crippen LogP) is 3.96. The maximum absolute atomic E-state index is 12.6. The second-order valence-corrected chi connectivity index (χ2v) is 5.34. The van der Waals surface area contributed by atoms with Gasteiger partial charge in [-0.05, 0) is 24.3 Å². The summed E-state index contributed by atoms with van der Waals surface area (Å²) in [5, 5.41) is 1.57. The Hall–Kier alpha value is -2.07. The molecule has 3 nitrogen and oxygen atoms in total. The molecule has 0 aliphatic heterocycles. The quantitative estimate of drug-likeness (QED) is 0.492. The molecule has 0 aliphatic carbocycles. The third kappa shape index (κ3) is 1.47. The number of fused-ring (bicyclic) bond motifs is 4. The molecule has 2 heterocycles. The standard InChI is InChI=1S/C15H8BrNO2/c16-10-5-6-13-11(8-10)15(18)17-12-4-2-1-3-9(12)7-14(17)19-13/h1-8H. The molecule has 0 fully saturated rings. The Bertz CT molecular complexity index is 997. The van der Waals surface area contributed by atoms with Crippen LogP contribution < -0.4 is 5.56 Å². The third-order valence-electron chi connectivity index (χ3n) is 3.27. The summed E-state index contributed by atoms with van der Waals surface area (Å²) >= 11 is 3.38. The van der Waals surface area contributed by atoms with Crippen LogP contribution in [0.2, 0.25) is 0 Å². The van der Waals surface area contributed by atoms with Crippen LogP contribution in [-0.4, -0.2) is 4.40 Å². The molecule has 0 amide bonds. The van der Waals surface area contributed by atoms with E-state index in [0.717, 1.165) is 15.4 Å². The number of nitrogens with zero attached hydrogens (tertiary/aromatic N) is 1. The molecule has 0 saturated carbocycles. The predicted molar refractivity (Wildman–Crippen MR) is 78.6 cm³/mol. The van der Waals surface area contributed by atoms with Gasteiger partial charge >= 0.3 is 0 Å². The molecule has 92 valence electrons. The fourth-order valence-electron chi connectivity index (χ4n) is 2.41. The number of hydrogen-bond acceptors (Lipinski definition) is 2. The Morgan fingerprint density at radius 1 is 1.05 bits per heavy atom. The molecule has 2 aromatic heterocycles. The number of hydrogen-bond donors (Lipinski definition) is 0. The average molecular weight is 314 g/mol. The van der Waals surface area contributed by atoms with Crippen molar-refractivity contribution in [3.63, 3.8) is 0 Å². The van der Waals surface area contributed by atoms with Crippen molar-refractivity contribution in [1.82, 2.24) is 4.40 Å². The van der Waals surface area contributed by atoms with E-state index in [1.807, 2.05) is 36.4 Å². The van der Waals surface area contributed by atoms with Gasteiger partial charge in [-0.3, -0.25) is 4.79 Å². The first-order chi connectivity index (χ1) is 9.24. The van der Waals surface area contributed by atoms with Crippen LogP contribution in [0.15, 0.2) is 62.2 Å². The zero-order valence-corrected chi connectivity index (χ0v) is 11.3. The Morgan fingerprint density at radius 3 is 2.79 bits per heavy atom. The van der Waals surface area contributed by atoms with Crippen molar-refractivity contribution >= 4 is 43.5 Å². The lowest BCUT2D eigenvalue weighted by atomic mass is 10.2. The lowest BCUT2D eigenvalue weighted by Gasteiger charge is -2.00. The SMILES string of the molecule is O=c1c2cc(Br)ccc2oc2cc3ccccc3n12. The molecule has 0 atom stereocenters. The van der Waals surface area contributed by atoms with Gasteiger partial charge in [-0.15, -0.1) is 0 Å². The topological polar surface area (TPSA) is 34.6 Å². The van der Waals surface area contributed by atoms with Crippen LogP contribution in [-0.2, 0) is 0 Å². The molecule has 0 bridgehead atoms. The van der Waals surface area contributed by atoms with E-state index >= 15 is 0 Å². The van der Waals surface area contributed by atoms with Crippen LogP contribution in [0.3, 0.4) is 0 Å². The fraction of sp³-hybridized carbons (Fsp3) is 0. The minimum absolute atomic E-state index is 0.0567. The first kappa shape index (κ1) is 10.8. The highest BCUT2D eigenvalue weighted by Gasteiger charge is 2.11. The summed E-state index contributed by atoms with van der Waals surface area (Å²) in [6.07, 6.45) is 0. The van der Waals surface area contributed by atoms with Gasteiger partial charge in [0, 0.05) is 15.9 Å². The molecule has 0 saturated heterocycles. The molecule has 0 unspecified atom stereocenters. The molecule has 4 aromatic rings. The highest BCUT2D eigenvalue weighted by atomic mass is 79.9. The summed E-state index contributed by atoms with van der Waals surface area (Å²) in [6.45, 7) is 0. The van der Waals surface area contributed by atoms with Gasteiger partial charge in [-0.2, -0.15) is 0 Å². The van der Waals surface area contributed by atoms with Crippen molar-refractivity contribution in [2.45, 2.75) is 0 Å². The van der Waals surface area contributed by atoms with E-state index in [1.54, 1.807) is 16.5 Å². The highest BCUT2D eigenvalue weighted by molar-refractivity contribution is 9.10. The van der Waals surface area contributed by atoms with Gasteiger partial charge in [-0.1, -0.05) is 34.1 Å². The van der Waals surface area contributed by atoms with E-state index in [2.05, 4.69) is 15.9 Å². The fourth-order valence-corrected chi connectivity index (χ4v) is 2.77. The van der Waals surface area contributed by atoms with Crippen LogP contribution in [0.1, 0.15) is 0 Å². The molecular weight excluding hydrogens is 306 g/mol. The summed E-state index contributed by atoms with van der Waals surface area (Å²) in [4.78, 5) is 12.6. The Morgan fingerprint density at radius 2 is 1.89 bits per heavy atom. The lowest BCUT2D eigenvalue weighted by molar-refractivity contribution is 0.630. The molecule has 19 heavy (non-hydrogen) atoms. The Labute approximate surface area is 116 Å². The number of aromatic nitrogens is 1. The minimum Gasteiger partial charge on any atom is -0.439 e. The molecule has 4 rings (SSSR count). The van der Waals surface area contributed by atoms with Crippen molar-refractivity contribution < 1.29 is 4.42 Å². The summed E-state index contributed by atoms with van der Waals surface area (Å²) in [5.41, 5.74) is 1.98. The Balaban J connectivity index is 2.34. The number of para-hydroxylation sites is 1. The molecule has 0 aliphatic rings. The van der Waals surface area contributed by atoms with E-state index in [4.69, 9.17) is 4.42 Å². The van der Waals surface area contributed by atoms with Gasteiger partial charge in [0.2, 0.25) is 5.71 Å². The number of halogens is 1. The van der Waals surface area contributed by atoms with Crippen LogP contribution in [0.5, 0.6) is 0 Å². The second-order valence-electron chi connectivity index (χ2n) is 4.42. The van der Waals surface area contributed by atoms with Crippen LogP contribution >= 0.6 is 15.9 Å². The first-order valence-electron chi connectivity index (χ1n) is 5.86. The normalized spacial score (nSPS) is 11.6. The molecular formula is C15H8BrNO2. The molecule has 2 aromatic carbocycles. The van der Waals surface area contributed by atoms with Gasteiger partial charge in [-0.25, -0.2) is 4.40 Å². The zero-order valence-electron chi connectivity index (χ0n) is 9.76. The van der Waals surface area contributed by atoms with Crippen molar-refractivity contribution in [3.8, 4) is 0 Å². The monoisotopic (exact) mass is 313 g/mol. The maximum atomic E-state index is 12.6. The number of rotatable bonds is 0. The largest absolute Gasteiger partial charge is 0.439 e. The smallest absolute Gasteiger partial charge is 0.269 e. The van der Waals surface area contributed by atoms with E-state index in [1.165, 1.54) is 0 Å². The molecule has 4 heteroatoms.